The summed E-state index contributed by atoms with van der Waals surface area (Å²) in [7, 11) is 0. The molecule has 0 bridgehead atoms. The van der Waals surface area contributed by atoms with Gasteiger partial charge in [-0.25, -0.2) is 4.39 Å². The van der Waals surface area contributed by atoms with E-state index in [2.05, 4.69) is 4.90 Å². The Morgan fingerprint density at radius 1 is 1.03 bits per heavy atom. The maximum atomic E-state index is 13.5. The molecule has 0 aromatic heterocycles. The predicted molar refractivity (Wildman–Crippen MR) is 116 cm³/mol. The van der Waals surface area contributed by atoms with Crippen LogP contribution in [-0.2, 0) is 9.59 Å². The third kappa shape index (κ3) is 5.03. The van der Waals surface area contributed by atoms with Gasteiger partial charge in [0.15, 0.2) is 0 Å². The van der Waals surface area contributed by atoms with Crippen molar-refractivity contribution in [3.05, 3.63) is 30.1 Å². The molecular formula is C24H34FN3O3. The molecule has 1 aromatic carbocycles. The Morgan fingerprint density at radius 3 is 2.42 bits per heavy atom. The average molecular weight is 432 g/mol. The minimum atomic E-state index is -0.490. The summed E-state index contributed by atoms with van der Waals surface area (Å²) in [5.74, 6) is 0.0742. The lowest BCUT2D eigenvalue weighted by molar-refractivity contribution is -0.145. The van der Waals surface area contributed by atoms with Gasteiger partial charge in [0.05, 0.1) is 6.54 Å². The summed E-state index contributed by atoms with van der Waals surface area (Å²) in [4.78, 5) is 32.6. The maximum Gasteiger partial charge on any atom is 0.245 e. The minimum Gasteiger partial charge on any atom is -0.488 e. The van der Waals surface area contributed by atoms with Gasteiger partial charge in [-0.05, 0) is 43.5 Å². The minimum absolute atomic E-state index is 0.0190. The van der Waals surface area contributed by atoms with E-state index in [1.54, 1.807) is 17.0 Å². The predicted octanol–water partition coefficient (Wildman–Crippen LogP) is 2.92. The highest BCUT2D eigenvalue weighted by molar-refractivity contribution is 5.89. The molecule has 1 aromatic rings. The van der Waals surface area contributed by atoms with E-state index in [1.807, 2.05) is 18.7 Å². The SMILES string of the molecule is CC(C)C(=O)N1CC(Oc2ccc(F)cc2)CC1C(=O)N1CCCN(C2CCC2)CC1. The van der Waals surface area contributed by atoms with Crippen LogP contribution in [0.5, 0.6) is 5.75 Å². The molecule has 0 radical (unpaired) electrons. The Kier molecular flexibility index (Phi) is 6.80. The number of rotatable bonds is 5. The lowest BCUT2D eigenvalue weighted by Gasteiger charge is -2.37. The zero-order chi connectivity index (χ0) is 22.0. The summed E-state index contributed by atoms with van der Waals surface area (Å²) in [5, 5.41) is 0. The largest absolute Gasteiger partial charge is 0.488 e. The Morgan fingerprint density at radius 2 is 1.77 bits per heavy atom. The lowest BCUT2D eigenvalue weighted by Crippen LogP contribution is -2.50. The Bertz CT molecular complexity index is 781. The van der Waals surface area contributed by atoms with Crippen LogP contribution in [0.2, 0.25) is 0 Å². The quantitative estimate of drug-likeness (QED) is 0.719. The monoisotopic (exact) mass is 431 g/mol. The summed E-state index contributed by atoms with van der Waals surface area (Å²) in [5.41, 5.74) is 0. The van der Waals surface area contributed by atoms with Crippen LogP contribution in [-0.4, -0.2) is 77.4 Å². The van der Waals surface area contributed by atoms with Crippen molar-refractivity contribution in [3.63, 3.8) is 0 Å². The van der Waals surface area contributed by atoms with Crippen molar-refractivity contribution in [2.75, 3.05) is 32.7 Å². The molecule has 3 fully saturated rings. The molecule has 2 amide bonds. The third-order valence-corrected chi connectivity index (χ3v) is 6.87. The molecule has 2 saturated heterocycles. The van der Waals surface area contributed by atoms with Crippen molar-refractivity contribution in [2.45, 2.75) is 64.1 Å². The average Bonchev–Trinajstić information content (AvgIpc) is 2.97. The zero-order valence-electron chi connectivity index (χ0n) is 18.6. The molecule has 2 atom stereocenters. The molecule has 0 spiro atoms. The molecule has 2 unspecified atom stereocenters. The number of amides is 2. The molecule has 4 rings (SSSR count). The third-order valence-electron chi connectivity index (χ3n) is 6.87. The van der Waals surface area contributed by atoms with Gasteiger partial charge >= 0.3 is 0 Å². The highest BCUT2D eigenvalue weighted by atomic mass is 19.1. The van der Waals surface area contributed by atoms with Crippen LogP contribution in [0.3, 0.4) is 0 Å². The molecule has 6 nitrogen and oxygen atoms in total. The van der Waals surface area contributed by atoms with E-state index in [9.17, 15) is 14.0 Å². The van der Waals surface area contributed by atoms with Crippen molar-refractivity contribution in [1.29, 1.82) is 0 Å². The van der Waals surface area contributed by atoms with Gasteiger partial charge < -0.3 is 14.5 Å². The molecule has 0 N–H and O–H groups in total. The number of halogens is 1. The molecule has 7 heteroatoms. The Balaban J connectivity index is 1.43. The second-order valence-corrected chi connectivity index (χ2v) is 9.39. The van der Waals surface area contributed by atoms with E-state index in [0.29, 0.717) is 24.8 Å². The number of benzene rings is 1. The molecule has 2 aliphatic heterocycles. The molecular weight excluding hydrogens is 397 g/mol. The van der Waals surface area contributed by atoms with Gasteiger partial charge in [-0.15, -0.1) is 0 Å². The van der Waals surface area contributed by atoms with Crippen LogP contribution in [0.1, 0.15) is 46.0 Å². The van der Waals surface area contributed by atoms with Gasteiger partial charge in [-0.3, -0.25) is 14.5 Å². The molecule has 1 aliphatic carbocycles. The normalized spacial score (nSPS) is 25.4. The van der Waals surface area contributed by atoms with Crippen molar-refractivity contribution >= 4 is 11.8 Å². The van der Waals surface area contributed by atoms with E-state index in [0.717, 1.165) is 32.6 Å². The van der Waals surface area contributed by atoms with E-state index in [1.165, 1.54) is 31.4 Å². The highest BCUT2D eigenvalue weighted by Gasteiger charge is 2.43. The summed E-state index contributed by atoms with van der Waals surface area (Å²) >= 11 is 0. The smallest absolute Gasteiger partial charge is 0.245 e. The van der Waals surface area contributed by atoms with Gasteiger partial charge in [0.25, 0.3) is 0 Å². The fourth-order valence-electron chi connectivity index (χ4n) is 4.88. The van der Waals surface area contributed by atoms with E-state index in [4.69, 9.17) is 4.74 Å². The number of ether oxygens (including phenoxy) is 1. The van der Waals surface area contributed by atoms with Crippen LogP contribution in [0.4, 0.5) is 4.39 Å². The lowest BCUT2D eigenvalue weighted by atomic mass is 9.91. The number of hydrogen-bond acceptors (Lipinski definition) is 4. The maximum absolute atomic E-state index is 13.5. The Labute approximate surface area is 184 Å². The molecule has 3 aliphatic rings. The van der Waals surface area contributed by atoms with Crippen molar-refractivity contribution in [1.82, 2.24) is 14.7 Å². The zero-order valence-corrected chi connectivity index (χ0v) is 18.6. The fourth-order valence-corrected chi connectivity index (χ4v) is 4.88. The Hall–Kier alpha value is -2.15. The summed E-state index contributed by atoms with van der Waals surface area (Å²) in [6.45, 7) is 7.53. The van der Waals surface area contributed by atoms with Crippen LogP contribution in [0.25, 0.3) is 0 Å². The van der Waals surface area contributed by atoms with Crippen molar-refractivity contribution in [3.8, 4) is 5.75 Å². The van der Waals surface area contributed by atoms with Crippen molar-refractivity contribution in [2.24, 2.45) is 5.92 Å². The van der Waals surface area contributed by atoms with Crippen LogP contribution in [0, 0.1) is 11.7 Å². The number of hydrogen-bond donors (Lipinski definition) is 0. The second kappa shape index (κ2) is 9.55. The van der Waals surface area contributed by atoms with Gasteiger partial charge in [0, 0.05) is 44.6 Å². The standard InChI is InChI=1S/C24H34FN3O3/c1-17(2)23(29)28-16-21(31-20-9-7-18(25)8-10-20)15-22(28)24(30)27-12-4-11-26(13-14-27)19-5-3-6-19/h7-10,17,19,21-22H,3-6,11-16H2,1-2H3. The van der Waals surface area contributed by atoms with Crippen LogP contribution < -0.4 is 4.74 Å². The number of likely N-dealkylation sites (tertiary alicyclic amines) is 1. The summed E-state index contributed by atoms with van der Waals surface area (Å²) in [6.07, 6.45) is 5.03. The molecule has 170 valence electrons. The summed E-state index contributed by atoms with van der Waals surface area (Å²) < 4.78 is 19.2. The van der Waals surface area contributed by atoms with Gasteiger partial charge in [0.2, 0.25) is 11.8 Å². The van der Waals surface area contributed by atoms with Gasteiger partial charge in [-0.2, -0.15) is 0 Å². The first-order valence-electron chi connectivity index (χ1n) is 11.7. The highest BCUT2D eigenvalue weighted by Crippen LogP contribution is 2.28. The van der Waals surface area contributed by atoms with E-state index >= 15 is 0 Å². The molecule has 31 heavy (non-hydrogen) atoms. The number of carbonyl (C=O) groups excluding carboxylic acids is 2. The topological polar surface area (TPSA) is 53.1 Å². The summed E-state index contributed by atoms with van der Waals surface area (Å²) in [6, 6.07) is 6.08. The molecule has 2 heterocycles. The first-order chi connectivity index (χ1) is 14.9. The van der Waals surface area contributed by atoms with Crippen LogP contribution >= 0.6 is 0 Å². The first kappa shape index (κ1) is 22.1. The van der Waals surface area contributed by atoms with Gasteiger partial charge in [-0.1, -0.05) is 20.3 Å². The number of carbonyl (C=O) groups is 2. The van der Waals surface area contributed by atoms with E-state index in [-0.39, 0.29) is 29.7 Å². The molecule has 1 saturated carbocycles. The second-order valence-electron chi connectivity index (χ2n) is 9.39. The van der Waals surface area contributed by atoms with Gasteiger partial charge in [0.1, 0.15) is 23.7 Å². The van der Waals surface area contributed by atoms with Crippen molar-refractivity contribution < 1.29 is 18.7 Å². The first-order valence-corrected chi connectivity index (χ1v) is 11.7. The van der Waals surface area contributed by atoms with E-state index < -0.39 is 6.04 Å². The fraction of sp³-hybridized carbons (Fsp3) is 0.667. The number of nitrogens with zero attached hydrogens (tertiary/aromatic N) is 3. The van der Waals surface area contributed by atoms with Crippen LogP contribution in [0.15, 0.2) is 24.3 Å².